The van der Waals surface area contributed by atoms with E-state index in [0.29, 0.717) is 0 Å². The summed E-state index contributed by atoms with van der Waals surface area (Å²) in [5.41, 5.74) is 7.24. The molecule has 0 amide bonds. The molecular weight excluding hydrogens is 214 g/mol. The van der Waals surface area contributed by atoms with Crippen molar-refractivity contribution in [2.24, 2.45) is 5.73 Å². The Morgan fingerprint density at radius 3 is 2.41 bits per heavy atom. The molecule has 0 aromatic heterocycles. The van der Waals surface area contributed by atoms with E-state index >= 15 is 0 Å². The first-order valence-electron chi connectivity index (χ1n) is 6.17. The summed E-state index contributed by atoms with van der Waals surface area (Å²) in [5.74, 6) is 0.850. The maximum atomic E-state index is 6.42. The molecule has 0 bridgehead atoms. The Balaban J connectivity index is 2.32. The van der Waals surface area contributed by atoms with E-state index in [-0.39, 0.29) is 11.6 Å². The molecule has 2 rings (SSSR count). The van der Waals surface area contributed by atoms with Gasteiger partial charge in [0.2, 0.25) is 0 Å². The molecule has 1 unspecified atom stereocenters. The van der Waals surface area contributed by atoms with Crippen molar-refractivity contribution in [3.63, 3.8) is 0 Å². The van der Waals surface area contributed by atoms with Crippen LogP contribution in [0.1, 0.15) is 37.3 Å². The van der Waals surface area contributed by atoms with Crippen molar-refractivity contribution in [3.8, 4) is 5.75 Å². The average Bonchev–Trinajstić information content (AvgIpc) is 2.88. The topological polar surface area (TPSA) is 44.5 Å². The number of benzene rings is 1. The summed E-state index contributed by atoms with van der Waals surface area (Å²) in [5, 5.41) is 0. The Kier molecular flexibility index (Phi) is 3.69. The van der Waals surface area contributed by atoms with Gasteiger partial charge in [0.1, 0.15) is 5.75 Å². The second-order valence-corrected chi connectivity index (χ2v) is 4.70. The van der Waals surface area contributed by atoms with E-state index in [2.05, 4.69) is 0 Å². The van der Waals surface area contributed by atoms with Crippen LogP contribution in [0.3, 0.4) is 0 Å². The van der Waals surface area contributed by atoms with Crippen LogP contribution in [0.2, 0.25) is 0 Å². The van der Waals surface area contributed by atoms with E-state index in [0.717, 1.165) is 24.2 Å². The van der Waals surface area contributed by atoms with Gasteiger partial charge in [-0.3, -0.25) is 0 Å². The lowest BCUT2D eigenvalue weighted by Crippen LogP contribution is -2.40. The van der Waals surface area contributed by atoms with Gasteiger partial charge in [-0.25, -0.2) is 0 Å². The highest BCUT2D eigenvalue weighted by Gasteiger charge is 2.41. The summed E-state index contributed by atoms with van der Waals surface area (Å²) in [6.07, 6.45) is 4.44. The van der Waals surface area contributed by atoms with Gasteiger partial charge in [-0.1, -0.05) is 31.0 Å². The lowest BCUT2D eigenvalue weighted by atomic mass is 9.87. The number of methoxy groups -OCH3 is 2. The van der Waals surface area contributed by atoms with Gasteiger partial charge in [-0.15, -0.1) is 0 Å². The van der Waals surface area contributed by atoms with Crippen molar-refractivity contribution in [3.05, 3.63) is 29.8 Å². The third-order valence-corrected chi connectivity index (χ3v) is 3.90. The van der Waals surface area contributed by atoms with E-state index < -0.39 is 0 Å². The smallest absolute Gasteiger partial charge is 0.123 e. The zero-order valence-corrected chi connectivity index (χ0v) is 10.6. The molecule has 1 aliphatic carbocycles. The number of rotatable bonds is 4. The fraction of sp³-hybridized carbons (Fsp3) is 0.571. The molecule has 1 aromatic carbocycles. The monoisotopic (exact) mass is 235 g/mol. The summed E-state index contributed by atoms with van der Waals surface area (Å²) >= 11 is 0. The Hall–Kier alpha value is -1.06. The van der Waals surface area contributed by atoms with Gasteiger partial charge in [0.15, 0.2) is 0 Å². The quantitative estimate of drug-likeness (QED) is 0.872. The van der Waals surface area contributed by atoms with Gasteiger partial charge < -0.3 is 15.2 Å². The number of nitrogens with two attached hydrogens (primary N) is 1. The van der Waals surface area contributed by atoms with Crippen LogP contribution in [-0.4, -0.2) is 19.8 Å². The van der Waals surface area contributed by atoms with Crippen LogP contribution in [0.5, 0.6) is 5.75 Å². The third kappa shape index (κ3) is 2.17. The summed E-state index contributed by atoms with van der Waals surface area (Å²) < 4.78 is 11.1. The zero-order valence-electron chi connectivity index (χ0n) is 10.6. The van der Waals surface area contributed by atoms with Gasteiger partial charge in [-0.05, 0) is 18.9 Å². The van der Waals surface area contributed by atoms with Crippen LogP contribution in [0.15, 0.2) is 24.3 Å². The molecular formula is C14H21NO2. The molecule has 0 saturated heterocycles. The first kappa shape index (κ1) is 12.4. The van der Waals surface area contributed by atoms with Crippen molar-refractivity contribution < 1.29 is 9.47 Å². The zero-order chi connectivity index (χ0) is 12.3. The molecule has 1 atom stereocenters. The van der Waals surface area contributed by atoms with Crippen LogP contribution in [-0.2, 0) is 4.74 Å². The first-order chi connectivity index (χ1) is 8.23. The lowest BCUT2D eigenvalue weighted by Gasteiger charge is -2.34. The van der Waals surface area contributed by atoms with Crippen molar-refractivity contribution >= 4 is 0 Å². The van der Waals surface area contributed by atoms with Gasteiger partial charge in [-0.2, -0.15) is 0 Å². The molecule has 3 heteroatoms. The van der Waals surface area contributed by atoms with Crippen molar-refractivity contribution in [1.29, 1.82) is 0 Å². The van der Waals surface area contributed by atoms with E-state index in [1.807, 2.05) is 24.3 Å². The number of hydrogen-bond donors (Lipinski definition) is 1. The maximum Gasteiger partial charge on any atom is 0.123 e. The minimum Gasteiger partial charge on any atom is -0.496 e. The predicted octanol–water partition coefficient (Wildman–Crippen LogP) is 2.65. The number of hydrogen-bond acceptors (Lipinski definition) is 3. The first-order valence-corrected chi connectivity index (χ1v) is 6.17. The SMILES string of the molecule is COc1ccccc1C(N)C1(OC)CCCC1. The molecule has 1 saturated carbocycles. The summed E-state index contributed by atoms with van der Waals surface area (Å²) in [4.78, 5) is 0. The molecule has 2 N–H and O–H groups in total. The Labute approximate surface area is 103 Å². The van der Waals surface area contributed by atoms with Crippen LogP contribution in [0, 0.1) is 0 Å². The van der Waals surface area contributed by atoms with E-state index in [4.69, 9.17) is 15.2 Å². The number of ether oxygens (including phenoxy) is 2. The van der Waals surface area contributed by atoms with E-state index in [1.54, 1.807) is 14.2 Å². The van der Waals surface area contributed by atoms with Gasteiger partial charge >= 0.3 is 0 Å². The molecule has 0 aliphatic heterocycles. The normalized spacial score (nSPS) is 20.2. The Bertz CT molecular complexity index is 372. The summed E-state index contributed by atoms with van der Waals surface area (Å²) in [6, 6.07) is 7.82. The fourth-order valence-corrected chi connectivity index (χ4v) is 2.82. The van der Waals surface area contributed by atoms with Gasteiger partial charge in [0, 0.05) is 12.7 Å². The van der Waals surface area contributed by atoms with E-state index in [9.17, 15) is 0 Å². The van der Waals surface area contributed by atoms with Gasteiger partial charge in [0.05, 0.1) is 18.8 Å². The molecule has 94 valence electrons. The predicted molar refractivity (Wildman–Crippen MR) is 68.1 cm³/mol. The molecule has 1 aromatic rings. The standard InChI is InChI=1S/C14H21NO2/c1-16-12-8-4-3-7-11(12)13(15)14(17-2)9-5-6-10-14/h3-4,7-8,13H,5-6,9-10,15H2,1-2H3. The van der Waals surface area contributed by atoms with Gasteiger partial charge in [0.25, 0.3) is 0 Å². The molecule has 0 spiro atoms. The minimum atomic E-state index is -0.214. The summed E-state index contributed by atoms with van der Waals surface area (Å²) in [7, 11) is 3.44. The van der Waals surface area contributed by atoms with E-state index in [1.165, 1.54) is 12.8 Å². The third-order valence-electron chi connectivity index (χ3n) is 3.90. The number of para-hydroxylation sites is 1. The minimum absolute atomic E-state index is 0.119. The van der Waals surface area contributed by atoms with Crippen molar-refractivity contribution in [1.82, 2.24) is 0 Å². The van der Waals surface area contributed by atoms with Crippen LogP contribution in [0.4, 0.5) is 0 Å². The highest BCUT2D eigenvalue weighted by Crippen LogP contribution is 2.43. The fourth-order valence-electron chi connectivity index (χ4n) is 2.82. The molecule has 3 nitrogen and oxygen atoms in total. The molecule has 0 heterocycles. The molecule has 1 fully saturated rings. The lowest BCUT2D eigenvalue weighted by molar-refractivity contribution is -0.0268. The van der Waals surface area contributed by atoms with Crippen LogP contribution >= 0.6 is 0 Å². The highest BCUT2D eigenvalue weighted by atomic mass is 16.5. The second kappa shape index (κ2) is 5.07. The maximum absolute atomic E-state index is 6.42. The average molecular weight is 235 g/mol. The Morgan fingerprint density at radius 2 is 1.82 bits per heavy atom. The highest BCUT2D eigenvalue weighted by molar-refractivity contribution is 5.37. The van der Waals surface area contributed by atoms with Crippen LogP contribution < -0.4 is 10.5 Å². The largest absolute Gasteiger partial charge is 0.496 e. The Morgan fingerprint density at radius 1 is 1.18 bits per heavy atom. The molecule has 1 aliphatic rings. The molecule has 0 radical (unpaired) electrons. The van der Waals surface area contributed by atoms with Crippen molar-refractivity contribution in [2.75, 3.05) is 14.2 Å². The summed E-state index contributed by atoms with van der Waals surface area (Å²) in [6.45, 7) is 0. The van der Waals surface area contributed by atoms with Crippen LogP contribution in [0.25, 0.3) is 0 Å². The molecule has 17 heavy (non-hydrogen) atoms. The second-order valence-electron chi connectivity index (χ2n) is 4.70. The van der Waals surface area contributed by atoms with Crippen molar-refractivity contribution in [2.45, 2.75) is 37.3 Å².